The molecule has 1 fully saturated rings. The van der Waals surface area contributed by atoms with Gasteiger partial charge in [0.25, 0.3) is 0 Å². The van der Waals surface area contributed by atoms with Crippen LogP contribution in [0.2, 0.25) is 0 Å². The molecule has 29 heavy (non-hydrogen) atoms. The van der Waals surface area contributed by atoms with Crippen LogP contribution < -0.4 is 5.69 Å². The maximum absolute atomic E-state index is 13.3. The van der Waals surface area contributed by atoms with Crippen LogP contribution >= 0.6 is 15.9 Å². The second-order valence-electron chi connectivity index (χ2n) is 8.03. The lowest BCUT2D eigenvalue weighted by Crippen LogP contribution is -2.25. The summed E-state index contributed by atoms with van der Waals surface area (Å²) in [5.74, 6) is 0. The standard InChI is InChI=1S/C23H25BrN4O/c1-2-3-4-11-26-19(13-16-12-17(24)5-8-20(16)26)15-27-22-14-25-10-9-21(22)28(23(27)29)18-6-7-18/h5,8-10,12-14,18H,2-4,6-7,11,15H2,1H3. The molecule has 150 valence electrons. The lowest BCUT2D eigenvalue weighted by atomic mass is 10.2. The zero-order chi connectivity index (χ0) is 20.0. The minimum Gasteiger partial charge on any atom is -0.343 e. The van der Waals surface area contributed by atoms with E-state index in [1.807, 2.05) is 21.4 Å². The number of nitrogens with zero attached hydrogens (tertiary/aromatic N) is 4. The molecule has 1 aromatic carbocycles. The zero-order valence-electron chi connectivity index (χ0n) is 16.6. The van der Waals surface area contributed by atoms with Crippen LogP contribution in [-0.4, -0.2) is 18.7 Å². The highest BCUT2D eigenvalue weighted by Crippen LogP contribution is 2.36. The second kappa shape index (κ2) is 7.48. The molecule has 1 aliphatic rings. The molecule has 5 nitrogen and oxygen atoms in total. The highest BCUT2D eigenvalue weighted by atomic mass is 79.9. The lowest BCUT2D eigenvalue weighted by molar-refractivity contribution is 0.582. The van der Waals surface area contributed by atoms with Crippen LogP contribution in [0, 0.1) is 0 Å². The molecule has 5 rings (SSSR count). The van der Waals surface area contributed by atoms with Crippen molar-refractivity contribution in [2.75, 3.05) is 0 Å². The maximum Gasteiger partial charge on any atom is 0.329 e. The third-order valence-corrected chi connectivity index (χ3v) is 6.42. The zero-order valence-corrected chi connectivity index (χ0v) is 18.2. The Morgan fingerprint density at radius 3 is 2.72 bits per heavy atom. The van der Waals surface area contributed by atoms with Gasteiger partial charge in [-0.3, -0.25) is 14.1 Å². The van der Waals surface area contributed by atoms with Crippen molar-refractivity contribution < 1.29 is 0 Å². The van der Waals surface area contributed by atoms with Crippen molar-refractivity contribution in [3.05, 3.63) is 63.4 Å². The van der Waals surface area contributed by atoms with Crippen molar-refractivity contribution in [1.82, 2.24) is 18.7 Å². The fraction of sp³-hybridized carbons (Fsp3) is 0.391. The van der Waals surface area contributed by atoms with Gasteiger partial charge >= 0.3 is 5.69 Å². The van der Waals surface area contributed by atoms with Crippen molar-refractivity contribution >= 4 is 37.9 Å². The number of halogens is 1. The Kier molecular flexibility index (Phi) is 4.82. The van der Waals surface area contributed by atoms with E-state index in [0.29, 0.717) is 12.6 Å². The summed E-state index contributed by atoms with van der Waals surface area (Å²) >= 11 is 3.59. The van der Waals surface area contributed by atoms with E-state index in [2.05, 4.69) is 56.7 Å². The van der Waals surface area contributed by atoms with Crippen LogP contribution in [0.3, 0.4) is 0 Å². The number of rotatable bonds is 7. The van der Waals surface area contributed by atoms with Gasteiger partial charge in [0.05, 0.1) is 23.8 Å². The van der Waals surface area contributed by atoms with Gasteiger partial charge in [-0.2, -0.15) is 0 Å². The topological polar surface area (TPSA) is 44.8 Å². The second-order valence-corrected chi connectivity index (χ2v) is 8.95. The summed E-state index contributed by atoms with van der Waals surface area (Å²) in [5, 5.41) is 1.21. The van der Waals surface area contributed by atoms with E-state index in [4.69, 9.17) is 0 Å². The van der Waals surface area contributed by atoms with Gasteiger partial charge < -0.3 is 4.57 Å². The molecule has 0 unspecified atom stereocenters. The monoisotopic (exact) mass is 452 g/mol. The highest BCUT2D eigenvalue weighted by molar-refractivity contribution is 9.10. The highest BCUT2D eigenvalue weighted by Gasteiger charge is 2.29. The molecule has 0 aliphatic heterocycles. The van der Waals surface area contributed by atoms with E-state index in [9.17, 15) is 4.79 Å². The Hall–Kier alpha value is -2.34. The third-order valence-electron chi connectivity index (χ3n) is 5.93. The van der Waals surface area contributed by atoms with Gasteiger partial charge in [0.15, 0.2) is 0 Å². The molecular formula is C23H25BrN4O. The average molecular weight is 453 g/mol. The predicted octanol–water partition coefficient (Wildman–Crippen LogP) is 5.49. The van der Waals surface area contributed by atoms with Crippen molar-refractivity contribution in [2.24, 2.45) is 0 Å². The van der Waals surface area contributed by atoms with E-state index in [1.54, 1.807) is 6.20 Å². The van der Waals surface area contributed by atoms with Crippen molar-refractivity contribution in [1.29, 1.82) is 0 Å². The predicted molar refractivity (Wildman–Crippen MR) is 121 cm³/mol. The number of hydrogen-bond donors (Lipinski definition) is 0. The number of fused-ring (bicyclic) bond motifs is 2. The fourth-order valence-corrected chi connectivity index (χ4v) is 4.72. The van der Waals surface area contributed by atoms with Gasteiger partial charge in [-0.05, 0) is 49.6 Å². The molecule has 3 aromatic heterocycles. The number of aryl methyl sites for hydroxylation is 1. The van der Waals surface area contributed by atoms with Crippen LogP contribution in [0.4, 0.5) is 0 Å². The molecular weight excluding hydrogens is 428 g/mol. The lowest BCUT2D eigenvalue weighted by Gasteiger charge is -2.11. The molecule has 1 aliphatic carbocycles. The Morgan fingerprint density at radius 2 is 1.93 bits per heavy atom. The summed E-state index contributed by atoms with van der Waals surface area (Å²) in [4.78, 5) is 17.6. The molecule has 0 radical (unpaired) electrons. The molecule has 0 spiro atoms. The van der Waals surface area contributed by atoms with Crippen LogP contribution in [-0.2, 0) is 13.1 Å². The molecule has 0 saturated heterocycles. The summed E-state index contributed by atoms with van der Waals surface area (Å²) in [6.45, 7) is 3.77. The van der Waals surface area contributed by atoms with E-state index >= 15 is 0 Å². The number of benzene rings is 1. The number of aromatic nitrogens is 4. The van der Waals surface area contributed by atoms with Gasteiger partial charge in [0, 0.05) is 39.9 Å². The molecule has 0 atom stereocenters. The Labute approximate surface area is 178 Å². The smallest absolute Gasteiger partial charge is 0.329 e. The first-order chi connectivity index (χ1) is 14.2. The van der Waals surface area contributed by atoms with Gasteiger partial charge in [0.1, 0.15) is 0 Å². The summed E-state index contributed by atoms with van der Waals surface area (Å²) in [6, 6.07) is 11.0. The normalized spacial score (nSPS) is 14.3. The Morgan fingerprint density at radius 1 is 1.07 bits per heavy atom. The Balaban J connectivity index is 1.63. The molecule has 0 N–H and O–H groups in total. The minimum atomic E-state index is 0.0852. The fourth-order valence-electron chi connectivity index (χ4n) is 4.34. The van der Waals surface area contributed by atoms with Crippen LogP contribution in [0.25, 0.3) is 21.9 Å². The SMILES string of the molecule is CCCCCn1c(Cn2c(=O)n(C3CC3)c3ccncc32)cc2cc(Br)ccc21. The van der Waals surface area contributed by atoms with E-state index in [1.165, 1.54) is 29.4 Å². The van der Waals surface area contributed by atoms with Crippen molar-refractivity contribution in [2.45, 2.75) is 58.2 Å². The molecule has 6 heteroatoms. The molecule has 1 saturated carbocycles. The van der Waals surface area contributed by atoms with E-state index in [0.717, 1.165) is 41.3 Å². The van der Waals surface area contributed by atoms with Gasteiger partial charge in [-0.1, -0.05) is 35.7 Å². The number of imidazole rings is 1. The third kappa shape index (κ3) is 3.33. The average Bonchev–Trinajstić information content (AvgIpc) is 3.44. The maximum atomic E-state index is 13.3. The number of unbranched alkanes of at least 4 members (excludes halogenated alkanes) is 2. The van der Waals surface area contributed by atoms with Crippen molar-refractivity contribution in [3.63, 3.8) is 0 Å². The summed E-state index contributed by atoms with van der Waals surface area (Å²) in [5.41, 5.74) is 4.42. The van der Waals surface area contributed by atoms with Crippen molar-refractivity contribution in [3.8, 4) is 0 Å². The molecule has 0 amide bonds. The van der Waals surface area contributed by atoms with E-state index in [-0.39, 0.29) is 5.69 Å². The largest absolute Gasteiger partial charge is 0.343 e. The molecule has 0 bridgehead atoms. The van der Waals surface area contributed by atoms with Gasteiger partial charge in [-0.25, -0.2) is 4.79 Å². The quantitative estimate of drug-likeness (QED) is 0.348. The first kappa shape index (κ1) is 18.7. The molecule has 4 aromatic rings. The van der Waals surface area contributed by atoms with Crippen LogP contribution in [0.1, 0.15) is 50.8 Å². The van der Waals surface area contributed by atoms with Crippen LogP contribution in [0.5, 0.6) is 0 Å². The first-order valence-corrected chi connectivity index (χ1v) is 11.3. The summed E-state index contributed by atoms with van der Waals surface area (Å²) in [6.07, 6.45) is 9.34. The minimum absolute atomic E-state index is 0.0852. The van der Waals surface area contributed by atoms with Crippen LogP contribution in [0.15, 0.2) is 52.0 Å². The summed E-state index contributed by atoms with van der Waals surface area (Å²) in [7, 11) is 0. The van der Waals surface area contributed by atoms with Gasteiger partial charge in [0.2, 0.25) is 0 Å². The first-order valence-electron chi connectivity index (χ1n) is 10.5. The Bertz CT molecular complexity index is 1250. The number of pyridine rings is 1. The number of hydrogen-bond acceptors (Lipinski definition) is 2. The van der Waals surface area contributed by atoms with E-state index < -0.39 is 0 Å². The summed E-state index contributed by atoms with van der Waals surface area (Å²) < 4.78 is 7.34. The molecule has 3 heterocycles. The van der Waals surface area contributed by atoms with Gasteiger partial charge in [-0.15, -0.1) is 0 Å².